The SMILES string of the molecule is CC(C)(C)OC(=O)c1ccc(C(=O)CCCF)cc1. The number of rotatable bonds is 5. The quantitative estimate of drug-likeness (QED) is 0.604. The molecule has 0 fully saturated rings. The summed E-state index contributed by atoms with van der Waals surface area (Å²) in [5.74, 6) is -0.538. The van der Waals surface area contributed by atoms with Gasteiger partial charge in [0.1, 0.15) is 5.60 Å². The molecule has 0 aromatic heterocycles. The van der Waals surface area contributed by atoms with Gasteiger partial charge in [0.05, 0.1) is 12.2 Å². The van der Waals surface area contributed by atoms with E-state index in [1.807, 2.05) is 0 Å². The van der Waals surface area contributed by atoms with Gasteiger partial charge in [-0.15, -0.1) is 0 Å². The number of halogens is 1. The second-order valence-electron chi connectivity index (χ2n) is 5.29. The molecule has 4 heteroatoms. The fourth-order valence-corrected chi connectivity index (χ4v) is 1.50. The third kappa shape index (κ3) is 5.20. The van der Waals surface area contributed by atoms with Crippen molar-refractivity contribution in [1.29, 1.82) is 0 Å². The molecule has 0 atom stereocenters. The van der Waals surface area contributed by atoms with E-state index in [-0.39, 0.29) is 18.6 Å². The lowest BCUT2D eigenvalue weighted by molar-refractivity contribution is 0.00693. The number of benzene rings is 1. The molecule has 3 nitrogen and oxygen atoms in total. The second kappa shape index (κ2) is 6.45. The van der Waals surface area contributed by atoms with Crippen LogP contribution in [-0.2, 0) is 4.74 Å². The van der Waals surface area contributed by atoms with Crippen molar-refractivity contribution >= 4 is 11.8 Å². The van der Waals surface area contributed by atoms with Crippen molar-refractivity contribution in [3.63, 3.8) is 0 Å². The first-order valence-electron chi connectivity index (χ1n) is 6.26. The van der Waals surface area contributed by atoms with Crippen molar-refractivity contribution in [2.75, 3.05) is 6.67 Å². The van der Waals surface area contributed by atoms with Gasteiger partial charge in [0.15, 0.2) is 5.78 Å². The number of esters is 1. The van der Waals surface area contributed by atoms with E-state index < -0.39 is 18.2 Å². The number of ether oxygens (including phenoxy) is 1. The highest BCUT2D eigenvalue weighted by molar-refractivity contribution is 5.97. The van der Waals surface area contributed by atoms with Gasteiger partial charge in [-0.25, -0.2) is 4.79 Å². The van der Waals surface area contributed by atoms with Gasteiger partial charge in [0, 0.05) is 12.0 Å². The molecule has 1 aromatic carbocycles. The van der Waals surface area contributed by atoms with Crippen molar-refractivity contribution in [3.8, 4) is 0 Å². The Bertz CT molecular complexity index is 443. The highest BCUT2D eigenvalue weighted by Crippen LogP contribution is 2.14. The second-order valence-corrected chi connectivity index (χ2v) is 5.29. The summed E-state index contributed by atoms with van der Waals surface area (Å²) < 4.78 is 17.2. The standard InChI is InChI=1S/C15H19FO3/c1-15(2,3)19-14(18)12-8-6-11(7-9-12)13(17)5-4-10-16/h6-9H,4-5,10H2,1-3H3. The molecule has 19 heavy (non-hydrogen) atoms. The van der Waals surface area contributed by atoms with Crippen molar-refractivity contribution < 1.29 is 18.7 Å². The molecule has 0 spiro atoms. The molecule has 0 heterocycles. The minimum atomic E-state index is -0.549. The van der Waals surface area contributed by atoms with E-state index in [1.165, 1.54) is 0 Å². The Morgan fingerprint density at radius 3 is 2.11 bits per heavy atom. The van der Waals surface area contributed by atoms with Gasteiger partial charge in [0.2, 0.25) is 0 Å². The van der Waals surface area contributed by atoms with Crippen LogP contribution in [0.15, 0.2) is 24.3 Å². The number of alkyl halides is 1. The van der Waals surface area contributed by atoms with E-state index in [0.29, 0.717) is 11.1 Å². The Morgan fingerprint density at radius 1 is 1.11 bits per heavy atom. The van der Waals surface area contributed by atoms with Gasteiger partial charge in [-0.2, -0.15) is 0 Å². The maximum Gasteiger partial charge on any atom is 0.338 e. The van der Waals surface area contributed by atoms with E-state index in [4.69, 9.17) is 4.74 Å². The highest BCUT2D eigenvalue weighted by atomic mass is 19.1. The molecule has 0 bridgehead atoms. The van der Waals surface area contributed by atoms with Crippen molar-refractivity contribution in [2.45, 2.75) is 39.2 Å². The van der Waals surface area contributed by atoms with E-state index in [1.54, 1.807) is 45.0 Å². The third-order valence-corrected chi connectivity index (χ3v) is 2.38. The fraction of sp³-hybridized carbons (Fsp3) is 0.467. The minimum absolute atomic E-state index is 0.117. The summed E-state index contributed by atoms with van der Waals surface area (Å²) in [7, 11) is 0. The lowest BCUT2D eigenvalue weighted by atomic mass is 10.0. The molecule has 0 unspecified atom stereocenters. The van der Waals surface area contributed by atoms with Gasteiger partial charge in [-0.3, -0.25) is 9.18 Å². The Labute approximate surface area is 112 Å². The van der Waals surface area contributed by atoms with Crippen LogP contribution < -0.4 is 0 Å². The monoisotopic (exact) mass is 266 g/mol. The van der Waals surface area contributed by atoms with E-state index in [9.17, 15) is 14.0 Å². The van der Waals surface area contributed by atoms with Gasteiger partial charge >= 0.3 is 5.97 Å². The molecule has 0 aliphatic rings. The van der Waals surface area contributed by atoms with Gasteiger partial charge in [-0.05, 0) is 39.3 Å². The zero-order valence-corrected chi connectivity index (χ0v) is 11.5. The zero-order chi connectivity index (χ0) is 14.5. The number of hydrogen-bond acceptors (Lipinski definition) is 3. The first-order chi connectivity index (χ1) is 8.83. The maximum absolute atomic E-state index is 12.0. The van der Waals surface area contributed by atoms with Crippen LogP contribution in [0.5, 0.6) is 0 Å². The molecule has 104 valence electrons. The van der Waals surface area contributed by atoms with Crippen LogP contribution in [0.2, 0.25) is 0 Å². The lowest BCUT2D eigenvalue weighted by Gasteiger charge is -2.19. The maximum atomic E-state index is 12.0. The topological polar surface area (TPSA) is 43.4 Å². The van der Waals surface area contributed by atoms with Crippen LogP contribution in [0.1, 0.15) is 54.3 Å². The number of ketones is 1. The van der Waals surface area contributed by atoms with Gasteiger partial charge in [0.25, 0.3) is 0 Å². The van der Waals surface area contributed by atoms with Crippen LogP contribution >= 0.6 is 0 Å². The van der Waals surface area contributed by atoms with Crippen LogP contribution in [0.4, 0.5) is 4.39 Å². The van der Waals surface area contributed by atoms with Gasteiger partial charge in [-0.1, -0.05) is 12.1 Å². The normalized spacial score (nSPS) is 11.2. The molecule has 1 aromatic rings. The Hall–Kier alpha value is -1.71. The molecule has 0 saturated carbocycles. The molecular formula is C15H19FO3. The summed E-state index contributed by atoms with van der Waals surface area (Å²) in [6, 6.07) is 6.24. The highest BCUT2D eigenvalue weighted by Gasteiger charge is 2.18. The van der Waals surface area contributed by atoms with Crippen molar-refractivity contribution in [3.05, 3.63) is 35.4 Å². The van der Waals surface area contributed by atoms with Crippen LogP contribution in [0.25, 0.3) is 0 Å². The summed E-state index contributed by atoms with van der Waals surface area (Å²) in [4.78, 5) is 23.4. The zero-order valence-electron chi connectivity index (χ0n) is 11.5. The largest absolute Gasteiger partial charge is 0.456 e. The number of carbonyl (C=O) groups is 2. The number of Topliss-reactive ketones (excluding diaryl/α,β-unsaturated/α-hetero) is 1. The number of carbonyl (C=O) groups excluding carboxylic acids is 2. The smallest absolute Gasteiger partial charge is 0.338 e. The molecule has 0 aliphatic heterocycles. The molecule has 1 rings (SSSR count). The predicted molar refractivity (Wildman–Crippen MR) is 71.2 cm³/mol. The summed E-state index contributed by atoms with van der Waals surface area (Å²) in [5.41, 5.74) is 0.338. The summed E-state index contributed by atoms with van der Waals surface area (Å²) in [5, 5.41) is 0. The van der Waals surface area contributed by atoms with Crippen LogP contribution in [0.3, 0.4) is 0 Å². The van der Waals surface area contributed by atoms with E-state index in [2.05, 4.69) is 0 Å². The summed E-state index contributed by atoms with van der Waals surface area (Å²) in [6.45, 7) is 4.88. The summed E-state index contributed by atoms with van der Waals surface area (Å²) in [6.07, 6.45) is 0.412. The average Bonchev–Trinajstić information content (AvgIpc) is 2.34. The average molecular weight is 266 g/mol. The Balaban J connectivity index is 2.71. The lowest BCUT2D eigenvalue weighted by Crippen LogP contribution is -2.23. The molecule has 0 radical (unpaired) electrons. The molecule has 0 saturated heterocycles. The fourth-order valence-electron chi connectivity index (χ4n) is 1.50. The van der Waals surface area contributed by atoms with E-state index in [0.717, 1.165) is 0 Å². The predicted octanol–water partition coefficient (Wildman–Crippen LogP) is 3.57. The Morgan fingerprint density at radius 2 is 1.63 bits per heavy atom. The molecule has 0 aliphatic carbocycles. The molecular weight excluding hydrogens is 247 g/mol. The van der Waals surface area contributed by atoms with Gasteiger partial charge < -0.3 is 4.74 Å². The number of hydrogen-bond donors (Lipinski definition) is 0. The molecule has 0 N–H and O–H groups in total. The first kappa shape index (κ1) is 15.3. The van der Waals surface area contributed by atoms with Crippen molar-refractivity contribution in [1.82, 2.24) is 0 Å². The van der Waals surface area contributed by atoms with Crippen LogP contribution in [0, 0.1) is 0 Å². The molecule has 0 amide bonds. The Kier molecular flexibility index (Phi) is 5.21. The minimum Gasteiger partial charge on any atom is -0.456 e. The summed E-state index contributed by atoms with van der Waals surface area (Å²) >= 11 is 0. The third-order valence-electron chi connectivity index (χ3n) is 2.38. The van der Waals surface area contributed by atoms with Crippen LogP contribution in [-0.4, -0.2) is 24.0 Å². The van der Waals surface area contributed by atoms with E-state index >= 15 is 0 Å². The first-order valence-corrected chi connectivity index (χ1v) is 6.26. The van der Waals surface area contributed by atoms with Crippen molar-refractivity contribution in [2.24, 2.45) is 0 Å².